The van der Waals surface area contributed by atoms with Crippen molar-refractivity contribution in [3.05, 3.63) is 36.5 Å². The van der Waals surface area contributed by atoms with E-state index in [2.05, 4.69) is 57.2 Å². The second-order valence-corrected chi connectivity index (χ2v) is 13.9. The molecule has 0 fully saturated rings. The molecule has 0 N–H and O–H groups in total. The topological polar surface area (TPSA) is 78.9 Å². The number of unbranched alkanes of at least 4 members (excludes halogenated alkanes) is 20. The Morgan fingerprint density at radius 1 is 0.400 bits per heavy atom. The molecule has 0 aromatic carbocycles. The lowest BCUT2D eigenvalue weighted by Crippen LogP contribution is -2.30. The molecule has 0 aromatic heterocycles. The fourth-order valence-electron chi connectivity index (χ4n) is 5.63. The van der Waals surface area contributed by atoms with Crippen LogP contribution in [0.5, 0.6) is 0 Å². The van der Waals surface area contributed by atoms with Crippen LogP contribution in [0.2, 0.25) is 0 Å². The smallest absolute Gasteiger partial charge is 0.306 e. The van der Waals surface area contributed by atoms with Crippen LogP contribution < -0.4 is 0 Å². The zero-order valence-electron chi connectivity index (χ0n) is 32.9. The minimum atomic E-state index is -0.774. The third-order valence-corrected chi connectivity index (χ3v) is 8.87. The summed E-state index contributed by atoms with van der Waals surface area (Å²) in [5.74, 6) is -0.921. The first-order valence-electron chi connectivity index (χ1n) is 21.0. The van der Waals surface area contributed by atoms with Crippen molar-refractivity contribution in [1.82, 2.24) is 0 Å². The van der Waals surface area contributed by atoms with Crippen LogP contribution in [0.15, 0.2) is 36.5 Å². The quantitative estimate of drug-likeness (QED) is 0.0277. The second kappa shape index (κ2) is 39.4. The molecule has 50 heavy (non-hydrogen) atoms. The van der Waals surface area contributed by atoms with Gasteiger partial charge in [0.25, 0.3) is 0 Å². The number of hydrogen-bond donors (Lipinski definition) is 0. The van der Waals surface area contributed by atoms with Gasteiger partial charge in [-0.1, -0.05) is 154 Å². The Morgan fingerprint density at radius 2 is 0.740 bits per heavy atom. The van der Waals surface area contributed by atoms with E-state index < -0.39 is 6.10 Å². The molecule has 0 aliphatic rings. The Balaban J connectivity index is 4.30. The number of esters is 3. The van der Waals surface area contributed by atoms with Crippen LogP contribution >= 0.6 is 0 Å². The van der Waals surface area contributed by atoms with Crippen LogP contribution in [0, 0.1) is 0 Å². The van der Waals surface area contributed by atoms with Crippen LogP contribution in [0.1, 0.15) is 207 Å². The Hall–Kier alpha value is -2.37. The summed E-state index contributed by atoms with van der Waals surface area (Å²) in [4.78, 5) is 37.3. The number of carbonyl (C=O) groups is 3. The van der Waals surface area contributed by atoms with Crippen molar-refractivity contribution in [2.45, 2.75) is 213 Å². The standard InChI is InChI=1S/C44H78O6/c1-4-7-10-13-15-17-19-21-23-24-26-28-31-34-37-43(46)49-40-41(39-48-42(45)36-33-30-12-9-6-3)50-44(47)38-35-32-29-27-25-22-20-18-16-14-11-8-5-2/h13,15,18-21,41H,4-12,14,16-17,22-40H2,1-3H3/b15-13-,20-18-,21-19-. The van der Waals surface area contributed by atoms with E-state index in [0.29, 0.717) is 19.3 Å². The van der Waals surface area contributed by atoms with Gasteiger partial charge in [-0.2, -0.15) is 0 Å². The third kappa shape index (κ3) is 36.9. The molecule has 0 amide bonds. The molecule has 0 aliphatic carbocycles. The summed E-state index contributed by atoms with van der Waals surface area (Å²) in [6.45, 7) is 6.46. The largest absolute Gasteiger partial charge is 0.462 e. The second-order valence-electron chi connectivity index (χ2n) is 13.9. The highest BCUT2D eigenvalue weighted by Crippen LogP contribution is 2.12. The number of allylic oxidation sites excluding steroid dienone is 6. The minimum Gasteiger partial charge on any atom is -0.462 e. The molecule has 0 spiro atoms. The Labute approximate surface area is 308 Å². The Kier molecular flexibility index (Phi) is 37.5. The van der Waals surface area contributed by atoms with Crippen LogP contribution in [-0.4, -0.2) is 37.2 Å². The highest BCUT2D eigenvalue weighted by atomic mass is 16.6. The molecular weight excluding hydrogens is 624 g/mol. The van der Waals surface area contributed by atoms with Gasteiger partial charge in [-0.3, -0.25) is 14.4 Å². The number of hydrogen-bond acceptors (Lipinski definition) is 6. The minimum absolute atomic E-state index is 0.0808. The molecular formula is C44H78O6. The highest BCUT2D eigenvalue weighted by molar-refractivity contribution is 5.71. The predicted molar refractivity (Wildman–Crippen MR) is 210 cm³/mol. The van der Waals surface area contributed by atoms with E-state index in [9.17, 15) is 14.4 Å². The molecule has 1 unspecified atom stereocenters. The van der Waals surface area contributed by atoms with Gasteiger partial charge >= 0.3 is 17.9 Å². The van der Waals surface area contributed by atoms with Gasteiger partial charge < -0.3 is 14.2 Å². The summed E-state index contributed by atoms with van der Waals surface area (Å²) in [5.41, 5.74) is 0. The van der Waals surface area contributed by atoms with E-state index in [0.717, 1.165) is 96.3 Å². The lowest BCUT2D eigenvalue weighted by Gasteiger charge is -2.18. The van der Waals surface area contributed by atoms with Crippen molar-refractivity contribution in [1.29, 1.82) is 0 Å². The maximum absolute atomic E-state index is 12.6. The summed E-state index contributed by atoms with van der Waals surface area (Å²) in [7, 11) is 0. The average molecular weight is 703 g/mol. The summed E-state index contributed by atoms with van der Waals surface area (Å²) >= 11 is 0. The van der Waals surface area contributed by atoms with Crippen molar-refractivity contribution in [3.63, 3.8) is 0 Å². The maximum atomic E-state index is 12.6. The van der Waals surface area contributed by atoms with Gasteiger partial charge in [-0.05, 0) is 70.6 Å². The van der Waals surface area contributed by atoms with Crippen molar-refractivity contribution < 1.29 is 28.6 Å². The molecule has 0 radical (unpaired) electrons. The molecule has 6 heteroatoms. The average Bonchev–Trinajstić information content (AvgIpc) is 3.11. The lowest BCUT2D eigenvalue weighted by atomic mass is 10.1. The molecule has 1 atom stereocenters. The zero-order valence-corrected chi connectivity index (χ0v) is 32.9. The van der Waals surface area contributed by atoms with Crippen LogP contribution in [-0.2, 0) is 28.6 Å². The molecule has 0 saturated carbocycles. The summed E-state index contributed by atoms with van der Waals surface area (Å²) in [5, 5.41) is 0. The lowest BCUT2D eigenvalue weighted by molar-refractivity contribution is -0.167. The summed E-state index contributed by atoms with van der Waals surface area (Å²) in [6, 6.07) is 0. The third-order valence-electron chi connectivity index (χ3n) is 8.87. The Bertz CT molecular complexity index is 861. The number of carbonyl (C=O) groups excluding carboxylic acids is 3. The first-order valence-corrected chi connectivity index (χ1v) is 21.0. The molecule has 0 aromatic rings. The molecule has 0 bridgehead atoms. The molecule has 0 saturated heterocycles. The summed E-state index contributed by atoms with van der Waals surface area (Å²) < 4.78 is 16.5. The molecule has 290 valence electrons. The molecule has 0 aliphatic heterocycles. The summed E-state index contributed by atoms with van der Waals surface area (Å²) in [6.07, 6.45) is 42.9. The zero-order chi connectivity index (χ0) is 36.6. The fraction of sp³-hybridized carbons (Fsp3) is 0.795. The van der Waals surface area contributed by atoms with E-state index in [-0.39, 0.29) is 31.1 Å². The molecule has 0 rings (SSSR count). The number of rotatable bonds is 37. The molecule has 0 heterocycles. The van der Waals surface area contributed by atoms with Crippen molar-refractivity contribution in [2.75, 3.05) is 13.2 Å². The van der Waals surface area contributed by atoms with Crippen LogP contribution in [0.25, 0.3) is 0 Å². The van der Waals surface area contributed by atoms with Gasteiger partial charge in [0.05, 0.1) is 0 Å². The van der Waals surface area contributed by atoms with Crippen molar-refractivity contribution in [3.8, 4) is 0 Å². The van der Waals surface area contributed by atoms with E-state index in [4.69, 9.17) is 14.2 Å². The fourth-order valence-corrected chi connectivity index (χ4v) is 5.63. The monoisotopic (exact) mass is 703 g/mol. The predicted octanol–water partition coefficient (Wildman–Crippen LogP) is 13.0. The van der Waals surface area contributed by atoms with Gasteiger partial charge in [0.1, 0.15) is 13.2 Å². The maximum Gasteiger partial charge on any atom is 0.306 e. The van der Waals surface area contributed by atoms with E-state index in [1.54, 1.807) is 0 Å². The first kappa shape index (κ1) is 47.6. The van der Waals surface area contributed by atoms with Gasteiger partial charge in [0.15, 0.2) is 6.10 Å². The molecule has 6 nitrogen and oxygen atoms in total. The normalized spacial score (nSPS) is 12.3. The first-order chi connectivity index (χ1) is 24.5. The van der Waals surface area contributed by atoms with Gasteiger partial charge in [-0.25, -0.2) is 0 Å². The highest BCUT2D eigenvalue weighted by Gasteiger charge is 2.19. The SMILES string of the molecule is CCCC/C=C\C/C=C\CCCCCCCC(=O)OCC(COC(=O)CCCCCCC)OC(=O)CCCCCCC/C=C\CCCCCC. The number of ether oxygens (including phenoxy) is 3. The van der Waals surface area contributed by atoms with E-state index in [1.807, 2.05) is 0 Å². The Morgan fingerprint density at radius 3 is 1.20 bits per heavy atom. The van der Waals surface area contributed by atoms with Crippen molar-refractivity contribution >= 4 is 17.9 Å². The van der Waals surface area contributed by atoms with E-state index in [1.165, 1.54) is 70.6 Å². The van der Waals surface area contributed by atoms with Crippen molar-refractivity contribution in [2.24, 2.45) is 0 Å². The van der Waals surface area contributed by atoms with E-state index >= 15 is 0 Å². The van der Waals surface area contributed by atoms with Gasteiger partial charge in [0, 0.05) is 19.3 Å². The van der Waals surface area contributed by atoms with Crippen LogP contribution in [0.3, 0.4) is 0 Å². The van der Waals surface area contributed by atoms with Crippen LogP contribution in [0.4, 0.5) is 0 Å². The van der Waals surface area contributed by atoms with Gasteiger partial charge in [-0.15, -0.1) is 0 Å². The van der Waals surface area contributed by atoms with Gasteiger partial charge in [0.2, 0.25) is 0 Å².